The van der Waals surface area contributed by atoms with Crippen LogP contribution in [-0.4, -0.2) is 129 Å². The number of rotatable bonds is 16. The van der Waals surface area contributed by atoms with Gasteiger partial charge in [-0.25, -0.2) is 13.6 Å². The lowest BCUT2D eigenvalue weighted by molar-refractivity contribution is -0.136. The van der Waals surface area contributed by atoms with Crippen molar-refractivity contribution in [3.05, 3.63) is 95.2 Å². The number of anilines is 2. The second kappa shape index (κ2) is 20.7. The average Bonchev–Trinajstić information content (AvgIpc) is 4.11. The number of aromatic nitrogens is 3. The summed E-state index contributed by atoms with van der Waals surface area (Å²) in [5.74, 6) is -1.20. The van der Waals surface area contributed by atoms with Crippen molar-refractivity contribution in [1.29, 1.82) is 0 Å². The molecule has 18 nitrogen and oxygen atoms in total. The summed E-state index contributed by atoms with van der Waals surface area (Å²) in [6, 6.07) is 12.0. The van der Waals surface area contributed by atoms with Crippen molar-refractivity contribution < 1.29 is 47.0 Å². The molecule has 8 heterocycles. The smallest absolute Gasteiger partial charge is 0.407 e. The first-order valence-electron chi connectivity index (χ1n) is 26.0. The molecule has 0 saturated carbocycles. The Hall–Kier alpha value is -7.89. The molecule has 6 amide bonds. The first-order valence-corrected chi connectivity index (χ1v) is 26.0. The van der Waals surface area contributed by atoms with Crippen molar-refractivity contribution in [2.45, 2.75) is 107 Å². The van der Waals surface area contributed by atoms with Gasteiger partial charge in [0.2, 0.25) is 17.7 Å². The summed E-state index contributed by atoms with van der Waals surface area (Å²) in [5.41, 5.74) is 1.17. The molecule has 5 fully saturated rings. The zero-order valence-corrected chi connectivity index (χ0v) is 41.7. The van der Waals surface area contributed by atoms with E-state index in [1.807, 2.05) is 0 Å². The summed E-state index contributed by atoms with van der Waals surface area (Å²) in [7, 11) is 0. The zero-order valence-electron chi connectivity index (χ0n) is 41.7. The van der Waals surface area contributed by atoms with Crippen LogP contribution in [-0.2, 0) is 19.1 Å². The summed E-state index contributed by atoms with van der Waals surface area (Å²) >= 11 is 0. The summed E-state index contributed by atoms with van der Waals surface area (Å²) < 4.78 is 44.5. The van der Waals surface area contributed by atoms with Gasteiger partial charge in [-0.3, -0.25) is 44.1 Å². The van der Waals surface area contributed by atoms with E-state index in [4.69, 9.17) is 25.9 Å². The fourth-order valence-electron chi connectivity index (χ4n) is 12.1. The number of carbonyl (C=O) groups excluding carboxylic acids is 6. The Kier molecular flexibility index (Phi) is 13.7. The monoisotopic (exact) mass is 1030 g/mol. The number of fused-ring (bicyclic) bond motifs is 6. The summed E-state index contributed by atoms with van der Waals surface area (Å²) in [6.07, 6.45) is 13.8. The van der Waals surface area contributed by atoms with E-state index in [9.17, 15) is 28.8 Å². The van der Waals surface area contributed by atoms with Crippen LogP contribution < -0.4 is 30.9 Å². The standard InChI is InChI=1S/C56H56F2N10O8/c1-3-36-40(57)18-15-32-10-8-11-37(45(32)36)48-47(58)49-39(25-60-48)50(66-27-33-16-17-34(28-66)61-33)65-54(64-49)76-30-56-22-21-35(67(56)26-31(2)24-56)29-75-55(74)59-23-7-5-4-6-14-43(69)62-41-13-9-12-38-46(41)53(73)68(52(38)72)42-19-20-44(70)63-51(42)71/h1,8-13,15,18,25,33-35,42,61H,2,4-7,14,16-17,19-24,26-30H2,(H,59,74)(H,62,69)(H,63,70,71). The van der Waals surface area contributed by atoms with E-state index in [2.05, 4.69) is 48.6 Å². The molecule has 392 valence electrons. The summed E-state index contributed by atoms with van der Waals surface area (Å²) in [5, 5.41) is 12.8. The third kappa shape index (κ3) is 9.46. The largest absolute Gasteiger partial charge is 0.461 e. The molecule has 6 aliphatic heterocycles. The van der Waals surface area contributed by atoms with Crippen molar-refractivity contribution in [3.8, 4) is 29.6 Å². The van der Waals surface area contributed by atoms with Gasteiger partial charge in [-0.05, 0) is 75.0 Å². The lowest BCUT2D eigenvalue weighted by atomic mass is 9.94. The number of carbonyl (C=O) groups is 6. The number of nitrogens with one attached hydrogen (secondary N) is 4. The number of hydrogen-bond acceptors (Lipinski definition) is 14. The van der Waals surface area contributed by atoms with E-state index in [0.29, 0.717) is 79.4 Å². The highest BCUT2D eigenvalue weighted by Crippen LogP contribution is 2.45. The Morgan fingerprint density at radius 2 is 1.72 bits per heavy atom. The summed E-state index contributed by atoms with van der Waals surface area (Å²) in [6.45, 7) is 6.94. The Morgan fingerprint density at radius 3 is 2.53 bits per heavy atom. The molecule has 0 spiro atoms. The van der Waals surface area contributed by atoms with E-state index in [-0.39, 0.29) is 96.1 Å². The molecule has 76 heavy (non-hydrogen) atoms. The van der Waals surface area contributed by atoms with Crippen molar-refractivity contribution in [3.63, 3.8) is 0 Å². The second-order valence-corrected chi connectivity index (χ2v) is 20.7. The quantitative estimate of drug-likeness (QED) is 0.0369. The van der Waals surface area contributed by atoms with Crippen molar-refractivity contribution >= 4 is 68.8 Å². The van der Waals surface area contributed by atoms with Crippen LogP contribution in [0.5, 0.6) is 6.01 Å². The van der Waals surface area contributed by atoms with Crippen molar-refractivity contribution in [1.82, 2.24) is 40.7 Å². The molecule has 6 aliphatic rings. The molecule has 5 saturated heterocycles. The lowest BCUT2D eigenvalue weighted by Gasteiger charge is -2.35. The molecule has 20 heteroatoms. The van der Waals surface area contributed by atoms with Crippen LogP contribution >= 0.6 is 0 Å². The molecule has 3 aromatic carbocycles. The van der Waals surface area contributed by atoms with Gasteiger partial charge in [0.1, 0.15) is 42.1 Å². The van der Waals surface area contributed by atoms with E-state index in [0.717, 1.165) is 42.6 Å². The van der Waals surface area contributed by atoms with Gasteiger partial charge in [0.15, 0.2) is 5.82 Å². The zero-order chi connectivity index (χ0) is 52.8. The lowest BCUT2D eigenvalue weighted by Crippen LogP contribution is -2.54. The van der Waals surface area contributed by atoms with E-state index in [1.165, 1.54) is 18.2 Å². The first-order chi connectivity index (χ1) is 36.8. The molecular formula is C56H56F2N10O8. The van der Waals surface area contributed by atoms with Gasteiger partial charge < -0.3 is 30.3 Å². The minimum Gasteiger partial charge on any atom is -0.461 e. The number of alkyl carbamates (subject to hydrolysis) is 1. The Balaban J connectivity index is 0.680. The average molecular weight is 1040 g/mol. The maximum Gasteiger partial charge on any atom is 0.407 e. The Labute approximate surface area is 436 Å². The SMILES string of the molecule is C#Cc1c(F)ccc2cccc(-c3ncc4c(N5CC6CCC(C5)N6)nc(OCC56CCC(COC(=O)NCCCCCCC(=O)Nc7cccc8c7C(=O)N(C7CCC(=O)NC7=O)C8=O)N5CC(=C)C6)nc4c3F)c12. The number of pyridine rings is 1. The van der Waals surface area contributed by atoms with Crippen LogP contribution in [0.3, 0.4) is 0 Å². The van der Waals surface area contributed by atoms with Crippen LogP contribution in [0.25, 0.3) is 32.9 Å². The summed E-state index contributed by atoms with van der Waals surface area (Å²) in [4.78, 5) is 96.1. The van der Waals surface area contributed by atoms with Gasteiger partial charge >= 0.3 is 12.1 Å². The third-order valence-corrected chi connectivity index (χ3v) is 15.7. The van der Waals surface area contributed by atoms with E-state index in [1.54, 1.807) is 36.5 Å². The molecule has 11 rings (SSSR count). The molecule has 5 unspecified atom stereocenters. The number of benzene rings is 3. The minimum atomic E-state index is -1.11. The van der Waals surface area contributed by atoms with Gasteiger partial charge in [0.05, 0.1) is 33.3 Å². The molecule has 2 bridgehead atoms. The number of ether oxygens (including phenoxy) is 2. The minimum absolute atomic E-state index is 0.000305. The van der Waals surface area contributed by atoms with Crippen LogP contribution in [0, 0.1) is 24.0 Å². The van der Waals surface area contributed by atoms with Gasteiger partial charge in [0.25, 0.3) is 11.8 Å². The number of piperazine rings is 1. The maximum absolute atomic E-state index is 17.2. The second-order valence-electron chi connectivity index (χ2n) is 20.7. The molecule has 4 N–H and O–H groups in total. The van der Waals surface area contributed by atoms with Crippen LogP contribution in [0.4, 0.5) is 25.1 Å². The predicted molar refractivity (Wildman–Crippen MR) is 276 cm³/mol. The van der Waals surface area contributed by atoms with Gasteiger partial charge in [0, 0.05) is 74.3 Å². The highest BCUT2D eigenvalue weighted by atomic mass is 19.1. The normalized spacial score (nSPS) is 23.0. The molecular weight excluding hydrogens is 979 g/mol. The topological polar surface area (TPSA) is 217 Å². The van der Waals surface area contributed by atoms with E-state index < -0.39 is 52.9 Å². The van der Waals surface area contributed by atoms with Crippen LogP contribution in [0.2, 0.25) is 0 Å². The molecule has 5 atom stereocenters. The number of unbranched alkanes of at least 4 members (excludes halogenated alkanes) is 3. The van der Waals surface area contributed by atoms with Gasteiger partial charge in [-0.15, -0.1) is 6.42 Å². The number of nitrogens with zero attached hydrogens (tertiary/aromatic N) is 6. The van der Waals surface area contributed by atoms with Crippen LogP contribution in [0.1, 0.15) is 103 Å². The number of piperidine rings is 1. The van der Waals surface area contributed by atoms with Crippen LogP contribution in [0.15, 0.2) is 66.9 Å². The first kappa shape index (κ1) is 50.3. The van der Waals surface area contributed by atoms with Crippen molar-refractivity contribution in [2.75, 3.05) is 49.6 Å². The molecule has 2 aromatic heterocycles. The third-order valence-electron chi connectivity index (χ3n) is 15.7. The number of halogens is 2. The molecule has 5 aromatic rings. The van der Waals surface area contributed by atoms with Crippen molar-refractivity contribution in [2.24, 2.45) is 0 Å². The number of terminal acetylenes is 1. The fraction of sp³-hybridized carbons (Fsp3) is 0.411. The predicted octanol–water partition coefficient (Wildman–Crippen LogP) is 6.30. The van der Waals surface area contributed by atoms with Gasteiger partial charge in [-0.1, -0.05) is 61.2 Å². The number of imide groups is 2. The number of hydrogen-bond donors (Lipinski definition) is 4. The molecule has 0 radical (unpaired) electrons. The van der Waals surface area contributed by atoms with Gasteiger partial charge in [-0.2, -0.15) is 9.97 Å². The highest BCUT2D eigenvalue weighted by molar-refractivity contribution is 6.26. The number of amides is 6. The Bertz CT molecular complexity index is 3300. The molecule has 0 aliphatic carbocycles. The maximum atomic E-state index is 17.2. The highest BCUT2D eigenvalue weighted by Gasteiger charge is 2.52. The van der Waals surface area contributed by atoms with E-state index >= 15 is 8.78 Å². The Morgan fingerprint density at radius 1 is 0.934 bits per heavy atom. The fourth-order valence-corrected chi connectivity index (χ4v) is 12.1.